The molecule has 4 aromatic rings. The van der Waals surface area contributed by atoms with Gasteiger partial charge in [0.25, 0.3) is 0 Å². The highest BCUT2D eigenvalue weighted by Gasteiger charge is 2.35. The van der Waals surface area contributed by atoms with Crippen LogP contribution < -0.4 is 20.3 Å². The normalized spacial score (nSPS) is 15.6. The van der Waals surface area contributed by atoms with Gasteiger partial charge in [0.1, 0.15) is 11.8 Å². The van der Waals surface area contributed by atoms with Gasteiger partial charge < -0.3 is 20.3 Å². The number of alkyl halides is 3. The Balaban J connectivity index is 1.55. The fourth-order valence-electron chi connectivity index (χ4n) is 4.96. The lowest BCUT2D eigenvalue weighted by Gasteiger charge is -2.27. The number of likely N-dealkylation sites (N-methyl/N-ethyl adjacent to an activating group) is 1. The van der Waals surface area contributed by atoms with Gasteiger partial charge in [0.2, 0.25) is 17.6 Å². The molecular weight excluding hydrogens is 525 g/mol. The van der Waals surface area contributed by atoms with E-state index in [1.807, 2.05) is 29.4 Å². The molecule has 1 aliphatic rings. The molecule has 9 nitrogen and oxygen atoms in total. The van der Waals surface area contributed by atoms with Crippen molar-refractivity contribution in [1.29, 1.82) is 0 Å². The van der Waals surface area contributed by atoms with E-state index in [0.717, 1.165) is 16.6 Å². The van der Waals surface area contributed by atoms with Crippen molar-refractivity contribution in [2.24, 2.45) is 0 Å². The first-order valence-electron chi connectivity index (χ1n) is 12.6. The third-order valence-corrected chi connectivity index (χ3v) is 6.86. The van der Waals surface area contributed by atoms with Crippen LogP contribution >= 0.6 is 0 Å². The van der Waals surface area contributed by atoms with E-state index in [2.05, 4.69) is 20.7 Å². The third kappa shape index (κ3) is 5.34. The highest BCUT2D eigenvalue weighted by molar-refractivity contribution is 6.01. The number of fused-ring (bicyclic) bond motifs is 2. The summed E-state index contributed by atoms with van der Waals surface area (Å²) < 4.78 is 44.7. The van der Waals surface area contributed by atoms with E-state index in [9.17, 15) is 22.8 Å². The molecule has 0 saturated heterocycles. The molecule has 208 valence electrons. The first kappa shape index (κ1) is 27.1. The summed E-state index contributed by atoms with van der Waals surface area (Å²) in [6.45, 7) is 0.235. The average Bonchev–Trinajstić information content (AvgIpc) is 3.41. The second kappa shape index (κ2) is 11.0. The smallest absolute Gasteiger partial charge is 0.451 e. The second-order valence-corrected chi connectivity index (χ2v) is 9.43. The van der Waals surface area contributed by atoms with Crippen LogP contribution in [0.2, 0.25) is 0 Å². The summed E-state index contributed by atoms with van der Waals surface area (Å²) in [4.78, 5) is 31.4. The van der Waals surface area contributed by atoms with Crippen LogP contribution in [0, 0.1) is 0 Å². The van der Waals surface area contributed by atoms with Crippen molar-refractivity contribution < 1.29 is 27.5 Å². The average molecular weight is 553 g/mol. The minimum Gasteiger partial charge on any atom is -0.496 e. The number of carbonyl (C=O) groups is 2. The number of hydrogen-bond donors (Lipinski definition) is 3. The van der Waals surface area contributed by atoms with Crippen molar-refractivity contribution in [3.63, 3.8) is 0 Å². The number of carbonyl (C=O) groups excluding carboxylic acids is 2. The van der Waals surface area contributed by atoms with Crippen LogP contribution in [0.15, 0.2) is 54.6 Å². The highest BCUT2D eigenvalue weighted by atomic mass is 19.4. The van der Waals surface area contributed by atoms with Gasteiger partial charge in [-0.05, 0) is 54.4 Å². The Morgan fingerprint density at radius 1 is 1.18 bits per heavy atom. The van der Waals surface area contributed by atoms with E-state index in [4.69, 9.17) is 4.74 Å². The van der Waals surface area contributed by atoms with Crippen molar-refractivity contribution in [1.82, 2.24) is 25.8 Å². The first-order chi connectivity index (χ1) is 19.2. The second-order valence-electron chi connectivity index (χ2n) is 9.43. The Kier molecular flexibility index (Phi) is 7.44. The quantitative estimate of drug-likeness (QED) is 0.321. The summed E-state index contributed by atoms with van der Waals surface area (Å²) in [5, 5.41) is 12.8. The zero-order valence-corrected chi connectivity index (χ0v) is 21.8. The third-order valence-electron chi connectivity index (χ3n) is 6.86. The number of aryl methyl sites for hydroxylation is 1. The zero-order chi connectivity index (χ0) is 28.4. The van der Waals surface area contributed by atoms with Crippen molar-refractivity contribution in [2.45, 2.75) is 31.6 Å². The summed E-state index contributed by atoms with van der Waals surface area (Å²) in [5.41, 5.74) is 2.84. The van der Waals surface area contributed by atoms with Gasteiger partial charge in [0.15, 0.2) is 5.82 Å². The van der Waals surface area contributed by atoms with Gasteiger partial charge >= 0.3 is 6.18 Å². The molecule has 1 atom stereocenters. The topological polar surface area (TPSA) is 112 Å². The highest BCUT2D eigenvalue weighted by Crippen LogP contribution is 2.36. The number of nitrogens with one attached hydrogen (secondary N) is 3. The van der Waals surface area contributed by atoms with Gasteiger partial charge in [-0.3, -0.25) is 14.7 Å². The molecule has 2 amide bonds. The molecular formula is C28H27F3N6O3. The zero-order valence-electron chi connectivity index (χ0n) is 21.8. The van der Waals surface area contributed by atoms with Crippen molar-refractivity contribution >= 4 is 28.3 Å². The Bertz CT molecular complexity index is 1570. The minimum absolute atomic E-state index is 0.0802. The molecule has 1 aromatic heterocycles. The maximum Gasteiger partial charge on any atom is 0.451 e. The fourth-order valence-corrected chi connectivity index (χ4v) is 4.96. The molecule has 40 heavy (non-hydrogen) atoms. The van der Waals surface area contributed by atoms with Crippen LogP contribution in [0.5, 0.6) is 5.75 Å². The fraction of sp³-hybridized carbons (Fsp3) is 0.286. The van der Waals surface area contributed by atoms with Gasteiger partial charge in [-0.1, -0.05) is 36.4 Å². The van der Waals surface area contributed by atoms with Crippen molar-refractivity contribution in [3.8, 4) is 17.1 Å². The molecule has 5 rings (SSSR count). The Labute approximate surface area is 227 Å². The minimum atomic E-state index is -4.64. The molecule has 0 radical (unpaired) electrons. The van der Waals surface area contributed by atoms with E-state index in [0.29, 0.717) is 35.1 Å². The molecule has 0 bridgehead atoms. The van der Waals surface area contributed by atoms with Gasteiger partial charge in [-0.25, -0.2) is 4.98 Å². The molecule has 3 N–H and O–H groups in total. The molecule has 0 fully saturated rings. The van der Waals surface area contributed by atoms with Crippen molar-refractivity contribution in [3.05, 3.63) is 71.5 Å². The Morgan fingerprint density at radius 3 is 2.70 bits per heavy atom. The molecule has 1 aliphatic heterocycles. The van der Waals surface area contributed by atoms with Crippen LogP contribution in [-0.4, -0.2) is 53.7 Å². The van der Waals surface area contributed by atoms with Crippen LogP contribution in [0.4, 0.5) is 18.9 Å². The first-order valence-corrected chi connectivity index (χ1v) is 12.6. The monoisotopic (exact) mass is 552 g/mol. The van der Waals surface area contributed by atoms with Crippen LogP contribution in [0.25, 0.3) is 22.2 Å². The number of benzene rings is 3. The number of aromatic amines is 1. The number of methoxy groups -OCH3 is 1. The molecule has 2 heterocycles. The summed E-state index contributed by atoms with van der Waals surface area (Å²) in [7, 11) is 3.19. The predicted molar refractivity (Wildman–Crippen MR) is 143 cm³/mol. The van der Waals surface area contributed by atoms with E-state index in [-0.39, 0.29) is 30.7 Å². The number of anilines is 1. The van der Waals surface area contributed by atoms with Gasteiger partial charge in [0, 0.05) is 16.8 Å². The molecule has 0 saturated carbocycles. The molecule has 12 heteroatoms. The molecule has 3 aromatic carbocycles. The maximum atomic E-state index is 13.8. The summed E-state index contributed by atoms with van der Waals surface area (Å²) in [6, 6.07) is 15.5. The molecule has 0 aliphatic carbocycles. The Hall–Kier alpha value is -4.45. The van der Waals surface area contributed by atoms with Gasteiger partial charge in [0.05, 0.1) is 20.2 Å². The maximum absolute atomic E-state index is 13.8. The standard InChI is InChI=1S/C28H27F3N6O3/c1-32-14-24(38)33-21-11-8-16-5-3-4-6-22(16)37(26(21)39)15-20-19-10-7-18(13-17(19)9-12-23(20)40-2)25-34-27(36-35-25)28(29,30)31/h3-7,9-10,12-13,21,32H,8,11,14-15H2,1-2H3,(H,33,38)(H,34,35,36). The number of rotatable bonds is 7. The van der Waals surface area contributed by atoms with E-state index < -0.39 is 18.0 Å². The van der Waals surface area contributed by atoms with Crippen LogP contribution in [0.3, 0.4) is 0 Å². The van der Waals surface area contributed by atoms with E-state index >= 15 is 0 Å². The lowest BCUT2D eigenvalue weighted by Crippen LogP contribution is -2.49. The lowest BCUT2D eigenvalue weighted by atomic mass is 10.00. The number of hydrogen-bond acceptors (Lipinski definition) is 6. The number of ether oxygens (including phenoxy) is 1. The lowest BCUT2D eigenvalue weighted by molar-refractivity contribution is -0.144. The summed E-state index contributed by atoms with van der Waals surface area (Å²) >= 11 is 0. The van der Waals surface area contributed by atoms with Gasteiger partial charge in [-0.2, -0.15) is 18.3 Å². The molecule has 0 spiro atoms. The Morgan fingerprint density at radius 2 is 1.98 bits per heavy atom. The van der Waals surface area contributed by atoms with E-state index in [1.54, 1.807) is 42.3 Å². The summed E-state index contributed by atoms with van der Waals surface area (Å²) in [5.74, 6) is -1.23. The number of nitrogens with zero attached hydrogens (tertiary/aromatic N) is 3. The largest absolute Gasteiger partial charge is 0.496 e. The number of amides is 2. The predicted octanol–water partition coefficient (Wildman–Crippen LogP) is 3.84. The van der Waals surface area contributed by atoms with Gasteiger partial charge in [-0.15, -0.1) is 0 Å². The number of H-pyrrole nitrogens is 1. The van der Waals surface area contributed by atoms with Crippen LogP contribution in [-0.2, 0) is 28.7 Å². The van der Waals surface area contributed by atoms with E-state index in [1.165, 1.54) is 7.11 Å². The SMILES string of the molecule is CNCC(=O)NC1CCc2ccccc2N(Cc2c(OC)ccc3cc(-c4n[nH]c(C(F)(F)F)n4)ccc23)C1=O. The summed E-state index contributed by atoms with van der Waals surface area (Å²) in [6.07, 6.45) is -3.58. The number of para-hydroxylation sites is 1. The number of aromatic nitrogens is 3. The van der Waals surface area contributed by atoms with Crippen LogP contribution in [0.1, 0.15) is 23.4 Å². The number of halogens is 3. The molecule has 1 unspecified atom stereocenters. The van der Waals surface area contributed by atoms with Crippen molar-refractivity contribution in [2.75, 3.05) is 25.6 Å².